The van der Waals surface area contributed by atoms with Gasteiger partial charge in [-0.2, -0.15) is 0 Å². The molecule has 112 valence electrons. The first kappa shape index (κ1) is 16.9. The molecule has 3 nitrogen and oxygen atoms in total. The van der Waals surface area contributed by atoms with E-state index >= 15 is 0 Å². The highest BCUT2D eigenvalue weighted by molar-refractivity contribution is 7.80. The van der Waals surface area contributed by atoms with Crippen molar-refractivity contribution in [1.29, 1.82) is 0 Å². The van der Waals surface area contributed by atoms with Crippen molar-refractivity contribution in [2.24, 2.45) is 11.7 Å². The molecule has 0 saturated carbocycles. The number of piperazine rings is 1. The fourth-order valence-corrected chi connectivity index (χ4v) is 3.21. The molecule has 0 amide bonds. The molecule has 1 unspecified atom stereocenters. The third kappa shape index (κ3) is 5.36. The summed E-state index contributed by atoms with van der Waals surface area (Å²) < 4.78 is 0. The van der Waals surface area contributed by atoms with Gasteiger partial charge in [0, 0.05) is 32.7 Å². The Kier molecular flexibility index (Phi) is 7.88. The van der Waals surface area contributed by atoms with Gasteiger partial charge in [0.2, 0.25) is 0 Å². The first-order valence-corrected chi connectivity index (χ1v) is 8.28. The zero-order valence-corrected chi connectivity index (χ0v) is 13.7. The Morgan fingerprint density at radius 2 is 1.68 bits per heavy atom. The summed E-state index contributed by atoms with van der Waals surface area (Å²) in [5, 5.41) is 0. The molecular weight excluding hydrogens is 254 g/mol. The van der Waals surface area contributed by atoms with Gasteiger partial charge < -0.3 is 10.6 Å². The standard InChI is InChI=1S/C15H31N3S/c1-4-7-14(15(16)19)18-10-8-17(9-11-18)12-13(5-2)6-3/h13-14H,4-12H2,1-3H3,(H2,16,19). The van der Waals surface area contributed by atoms with Crippen LogP contribution in [0.2, 0.25) is 0 Å². The van der Waals surface area contributed by atoms with Crippen molar-refractivity contribution in [2.45, 2.75) is 52.5 Å². The van der Waals surface area contributed by atoms with Gasteiger partial charge in [-0.25, -0.2) is 0 Å². The SMILES string of the molecule is CCCC(C(N)=S)N1CCN(CC(CC)CC)CC1. The Labute approximate surface area is 124 Å². The summed E-state index contributed by atoms with van der Waals surface area (Å²) in [4.78, 5) is 5.77. The van der Waals surface area contributed by atoms with Crippen LogP contribution in [0.5, 0.6) is 0 Å². The van der Waals surface area contributed by atoms with Crippen LogP contribution in [0.25, 0.3) is 0 Å². The molecule has 0 aromatic carbocycles. The fourth-order valence-electron chi connectivity index (χ4n) is 2.95. The maximum atomic E-state index is 5.89. The molecule has 0 aromatic heterocycles. The number of nitrogens with two attached hydrogens (primary N) is 1. The van der Waals surface area contributed by atoms with E-state index in [2.05, 4.69) is 30.6 Å². The van der Waals surface area contributed by atoms with Gasteiger partial charge in [0.1, 0.15) is 0 Å². The fraction of sp³-hybridized carbons (Fsp3) is 0.933. The molecule has 19 heavy (non-hydrogen) atoms. The average Bonchev–Trinajstić information content (AvgIpc) is 2.42. The molecule has 1 aliphatic heterocycles. The van der Waals surface area contributed by atoms with Crippen molar-refractivity contribution >= 4 is 17.2 Å². The molecule has 1 atom stereocenters. The van der Waals surface area contributed by atoms with E-state index in [9.17, 15) is 0 Å². The van der Waals surface area contributed by atoms with Crippen LogP contribution in [-0.4, -0.2) is 53.6 Å². The minimum Gasteiger partial charge on any atom is -0.392 e. The summed E-state index contributed by atoms with van der Waals surface area (Å²) in [6, 6.07) is 0.315. The second-order valence-corrected chi connectivity index (χ2v) is 6.20. The summed E-state index contributed by atoms with van der Waals surface area (Å²) in [7, 11) is 0. The van der Waals surface area contributed by atoms with Crippen molar-refractivity contribution in [1.82, 2.24) is 9.80 Å². The third-order valence-corrected chi connectivity index (χ3v) is 4.68. The van der Waals surface area contributed by atoms with Crippen LogP contribution in [0.15, 0.2) is 0 Å². The van der Waals surface area contributed by atoms with Gasteiger partial charge in [-0.1, -0.05) is 52.3 Å². The van der Waals surface area contributed by atoms with E-state index in [-0.39, 0.29) is 0 Å². The molecule has 0 spiro atoms. The Morgan fingerprint density at radius 3 is 2.11 bits per heavy atom. The highest BCUT2D eigenvalue weighted by Crippen LogP contribution is 2.15. The van der Waals surface area contributed by atoms with Gasteiger partial charge in [-0.05, 0) is 12.3 Å². The topological polar surface area (TPSA) is 32.5 Å². The molecule has 0 bridgehead atoms. The van der Waals surface area contributed by atoms with E-state index in [1.54, 1.807) is 0 Å². The first-order chi connectivity index (χ1) is 9.12. The molecule has 4 heteroatoms. The summed E-state index contributed by atoms with van der Waals surface area (Å²) in [6.07, 6.45) is 4.84. The van der Waals surface area contributed by atoms with Gasteiger partial charge in [-0.3, -0.25) is 4.90 Å². The van der Waals surface area contributed by atoms with E-state index in [0.717, 1.165) is 31.8 Å². The van der Waals surface area contributed by atoms with E-state index < -0.39 is 0 Å². The van der Waals surface area contributed by atoms with Crippen molar-refractivity contribution in [2.75, 3.05) is 32.7 Å². The average molecular weight is 286 g/mol. The third-order valence-electron chi connectivity index (χ3n) is 4.41. The van der Waals surface area contributed by atoms with E-state index in [4.69, 9.17) is 18.0 Å². The highest BCUT2D eigenvalue weighted by atomic mass is 32.1. The highest BCUT2D eigenvalue weighted by Gasteiger charge is 2.25. The molecule has 1 heterocycles. The molecule has 0 radical (unpaired) electrons. The smallest absolute Gasteiger partial charge is 0.0902 e. The molecule has 1 aliphatic rings. The van der Waals surface area contributed by atoms with Crippen LogP contribution in [0.1, 0.15) is 46.5 Å². The number of nitrogens with zero attached hydrogens (tertiary/aromatic N) is 2. The number of hydrogen-bond acceptors (Lipinski definition) is 3. The van der Waals surface area contributed by atoms with E-state index in [1.807, 2.05) is 0 Å². The maximum Gasteiger partial charge on any atom is 0.0902 e. The molecular formula is C15H31N3S. The van der Waals surface area contributed by atoms with Gasteiger partial charge in [0.25, 0.3) is 0 Å². The zero-order chi connectivity index (χ0) is 14.3. The minimum atomic E-state index is 0.315. The lowest BCUT2D eigenvalue weighted by Gasteiger charge is -2.40. The van der Waals surface area contributed by atoms with Crippen LogP contribution in [0, 0.1) is 5.92 Å². The first-order valence-electron chi connectivity index (χ1n) is 7.88. The monoisotopic (exact) mass is 285 g/mol. The molecule has 2 N–H and O–H groups in total. The number of hydrogen-bond donors (Lipinski definition) is 1. The van der Waals surface area contributed by atoms with Crippen LogP contribution < -0.4 is 5.73 Å². The molecule has 0 aromatic rings. The largest absolute Gasteiger partial charge is 0.392 e. The van der Waals surface area contributed by atoms with Gasteiger partial charge in [0.15, 0.2) is 0 Å². The van der Waals surface area contributed by atoms with Gasteiger partial charge >= 0.3 is 0 Å². The van der Waals surface area contributed by atoms with Crippen molar-refractivity contribution in [3.05, 3.63) is 0 Å². The van der Waals surface area contributed by atoms with Crippen molar-refractivity contribution < 1.29 is 0 Å². The minimum absolute atomic E-state index is 0.315. The Morgan fingerprint density at radius 1 is 1.11 bits per heavy atom. The Hall–Kier alpha value is -0.190. The van der Waals surface area contributed by atoms with Crippen LogP contribution in [0.3, 0.4) is 0 Å². The van der Waals surface area contributed by atoms with Crippen LogP contribution in [-0.2, 0) is 0 Å². The maximum absolute atomic E-state index is 5.89. The van der Waals surface area contributed by atoms with Crippen LogP contribution in [0.4, 0.5) is 0 Å². The predicted octanol–water partition coefficient (Wildman–Crippen LogP) is 2.50. The van der Waals surface area contributed by atoms with E-state index in [1.165, 1.54) is 32.5 Å². The Balaban J connectivity index is 2.40. The summed E-state index contributed by atoms with van der Waals surface area (Å²) in [5.74, 6) is 0.855. The second kappa shape index (κ2) is 8.88. The van der Waals surface area contributed by atoms with Crippen LogP contribution >= 0.6 is 12.2 Å². The zero-order valence-electron chi connectivity index (χ0n) is 12.9. The second-order valence-electron chi connectivity index (χ2n) is 5.73. The normalized spacial score (nSPS) is 19.8. The molecule has 1 rings (SSSR count). The number of thiocarbonyl (C=S) groups is 1. The van der Waals surface area contributed by atoms with Crippen molar-refractivity contribution in [3.8, 4) is 0 Å². The predicted molar refractivity (Wildman–Crippen MR) is 87.6 cm³/mol. The molecule has 0 aliphatic carbocycles. The molecule has 1 saturated heterocycles. The lowest BCUT2D eigenvalue weighted by Crippen LogP contribution is -2.54. The van der Waals surface area contributed by atoms with Crippen molar-refractivity contribution in [3.63, 3.8) is 0 Å². The lowest BCUT2D eigenvalue weighted by molar-refractivity contribution is 0.101. The van der Waals surface area contributed by atoms with Gasteiger partial charge in [-0.15, -0.1) is 0 Å². The molecule has 1 fully saturated rings. The van der Waals surface area contributed by atoms with Gasteiger partial charge in [0.05, 0.1) is 11.0 Å². The Bertz CT molecular complexity index is 258. The quantitative estimate of drug-likeness (QED) is 0.695. The lowest BCUT2D eigenvalue weighted by atomic mass is 10.0. The summed E-state index contributed by atoms with van der Waals surface area (Å²) in [6.45, 7) is 12.6. The number of rotatable bonds is 8. The van der Waals surface area contributed by atoms with E-state index in [0.29, 0.717) is 11.0 Å². The summed E-state index contributed by atoms with van der Waals surface area (Å²) >= 11 is 5.22. The summed E-state index contributed by atoms with van der Waals surface area (Å²) in [5.41, 5.74) is 5.89.